The van der Waals surface area contributed by atoms with Gasteiger partial charge in [0, 0.05) is 0 Å². The molecule has 102 valence electrons. The topological polar surface area (TPSA) is 99.1 Å². The maximum absolute atomic E-state index is 10.5. The molecule has 0 amide bonds. The van der Waals surface area contributed by atoms with E-state index in [1.807, 2.05) is 0 Å². The maximum Gasteiger partial charge on any atom is 0.399 e. The summed E-state index contributed by atoms with van der Waals surface area (Å²) in [4.78, 5) is 10.5. The second kappa shape index (κ2) is 7.64. The molecule has 0 aliphatic rings. The van der Waals surface area contributed by atoms with Gasteiger partial charge >= 0.3 is 16.4 Å². The molecule has 7 nitrogen and oxygen atoms in total. The van der Waals surface area contributed by atoms with E-state index in [4.69, 9.17) is 9.84 Å². The highest BCUT2D eigenvalue weighted by atomic mass is 32.3. The summed E-state index contributed by atoms with van der Waals surface area (Å²) >= 11 is 0. The van der Waals surface area contributed by atoms with Gasteiger partial charge in [0.1, 0.15) is 11.3 Å². The lowest BCUT2D eigenvalue weighted by Gasteiger charge is -2.01. The van der Waals surface area contributed by atoms with Crippen LogP contribution in [0.5, 0.6) is 5.75 Å². The number of carboxylic acids is 1. The molecule has 0 atom stereocenters. The number of para-hydroxylation sites is 1. The summed E-state index contributed by atoms with van der Waals surface area (Å²) in [6.45, 7) is 0. The summed E-state index contributed by atoms with van der Waals surface area (Å²) in [6.07, 6.45) is 0. The van der Waals surface area contributed by atoms with Gasteiger partial charge in [0.25, 0.3) is 0 Å². The molecule has 1 N–H and O–H groups in total. The Bertz CT molecular complexity index is 471. The van der Waals surface area contributed by atoms with Crippen LogP contribution in [0.4, 0.5) is 0 Å². The monoisotopic (exact) mass is 278 g/mol. The summed E-state index contributed by atoms with van der Waals surface area (Å²) in [5, 5.41) is 8.62. The number of aromatic carboxylic acids is 1. The van der Waals surface area contributed by atoms with Gasteiger partial charge in [0.15, 0.2) is 0 Å². The van der Waals surface area contributed by atoms with Crippen LogP contribution in [0.25, 0.3) is 0 Å². The Balaban J connectivity index is 0.000000360. The van der Waals surface area contributed by atoms with Crippen LogP contribution in [0.15, 0.2) is 24.3 Å². The van der Waals surface area contributed by atoms with Gasteiger partial charge in [-0.2, -0.15) is 8.42 Å². The van der Waals surface area contributed by atoms with Crippen LogP contribution in [0, 0.1) is 0 Å². The summed E-state index contributed by atoms with van der Waals surface area (Å²) in [6, 6.07) is 6.50. The first kappa shape index (κ1) is 16.4. The molecule has 1 aromatic carbocycles. The van der Waals surface area contributed by atoms with Gasteiger partial charge in [-0.3, -0.25) is 8.37 Å². The van der Waals surface area contributed by atoms with E-state index >= 15 is 0 Å². The van der Waals surface area contributed by atoms with Gasteiger partial charge in [-0.05, 0) is 12.1 Å². The Morgan fingerprint density at radius 3 is 1.89 bits per heavy atom. The third kappa shape index (κ3) is 5.62. The van der Waals surface area contributed by atoms with Crippen molar-refractivity contribution >= 4 is 16.4 Å². The zero-order chi connectivity index (χ0) is 14.2. The first-order valence-corrected chi connectivity index (χ1v) is 5.93. The van der Waals surface area contributed by atoms with Gasteiger partial charge in [0.05, 0.1) is 21.3 Å². The molecule has 0 unspecified atom stereocenters. The Morgan fingerprint density at radius 2 is 1.61 bits per heavy atom. The minimum atomic E-state index is -3.66. The molecule has 0 fully saturated rings. The summed E-state index contributed by atoms with van der Waals surface area (Å²) < 4.78 is 32.3. The van der Waals surface area contributed by atoms with Crippen molar-refractivity contribution in [2.24, 2.45) is 0 Å². The molecule has 0 bridgehead atoms. The van der Waals surface area contributed by atoms with E-state index in [2.05, 4.69) is 8.37 Å². The second-order valence-corrected chi connectivity index (χ2v) is 4.23. The Labute approximate surface area is 105 Å². The number of methoxy groups -OCH3 is 1. The van der Waals surface area contributed by atoms with Crippen molar-refractivity contribution in [2.45, 2.75) is 0 Å². The van der Waals surface area contributed by atoms with Crippen LogP contribution in [-0.4, -0.2) is 40.8 Å². The van der Waals surface area contributed by atoms with Crippen molar-refractivity contribution in [1.29, 1.82) is 0 Å². The molecule has 18 heavy (non-hydrogen) atoms. The molecule has 0 radical (unpaired) electrons. The molecule has 1 rings (SSSR count). The molecule has 0 aliphatic heterocycles. The molecule has 0 heterocycles. The smallest absolute Gasteiger partial charge is 0.399 e. The quantitative estimate of drug-likeness (QED) is 0.874. The lowest BCUT2D eigenvalue weighted by atomic mass is 10.2. The standard InChI is InChI=1S/C8H8O3.C2H6O4S/c1-11-7-5-3-2-4-6(7)8(9)10;1-5-7(3,4)6-2/h2-5H,1H3,(H,9,10);1-2H3. The summed E-state index contributed by atoms with van der Waals surface area (Å²) in [5.41, 5.74) is 0.190. The van der Waals surface area contributed by atoms with Crippen LogP contribution in [0.2, 0.25) is 0 Å². The zero-order valence-electron chi connectivity index (χ0n) is 10.1. The Kier molecular flexibility index (Phi) is 6.94. The van der Waals surface area contributed by atoms with Crippen molar-refractivity contribution in [3.05, 3.63) is 29.8 Å². The first-order chi connectivity index (χ1) is 8.37. The Morgan fingerprint density at radius 1 is 1.11 bits per heavy atom. The molecule has 0 aromatic heterocycles. The van der Waals surface area contributed by atoms with E-state index in [0.29, 0.717) is 5.75 Å². The number of hydrogen-bond acceptors (Lipinski definition) is 6. The molecule has 8 heteroatoms. The fraction of sp³-hybridized carbons (Fsp3) is 0.300. The highest BCUT2D eigenvalue weighted by molar-refractivity contribution is 7.81. The van der Waals surface area contributed by atoms with Crippen molar-refractivity contribution in [2.75, 3.05) is 21.3 Å². The third-order valence-electron chi connectivity index (χ3n) is 1.75. The molecule has 0 saturated carbocycles. The van der Waals surface area contributed by atoms with E-state index < -0.39 is 16.4 Å². The predicted octanol–water partition coefficient (Wildman–Crippen LogP) is 0.917. The lowest BCUT2D eigenvalue weighted by Crippen LogP contribution is -2.02. The van der Waals surface area contributed by atoms with E-state index in [0.717, 1.165) is 14.2 Å². The fourth-order valence-electron chi connectivity index (χ4n) is 0.889. The number of hydrogen-bond donors (Lipinski definition) is 1. The minimum absolute atomic E-state index is 0.190. The largest absolute Gasteiger partial charge is 0.496 e. The van der Waals surface area contributed by atoms with Gasteiger partial charge in [-0.25, -0.2) is 4.79 Å². The third-order valence-corrected chi connectivity index (χ3v) is 2.56. The highest BCUT2D eigenvalue weighted by Crippen LogP contribution is 2.16. The van der Waals surface area contributed by atoms with Gasteiger partial charge in [-0.1, -0.05) is 12.1 Å². The number of rotatable bonds is 4. The fourth-order valence-corrected chi connectivity index (χ4v) is 1.03. The number of benzene rings is 1. The zero-order valence-corrected chi connectivity index (χ0v) is 10.9. The van der Waals surface area contributed by atoms with Crippen LogP contribution in [0.1, 0.15) is 10.4 Å². The Hall–Kier alpha value is -1.64. The second-order valence-electron chi connectivity index (χ2n) is 2.75. The van der Waals surface area contributed by atoms with Gasteiger partial charge in [-0.15, -0.1) is 0 Å². The van der Waals surface area contributed by atoms with Gasteiger partial charge in [0.2, 0.25) is 0 Å². The van der Waals surface area contributed by atoms with Crippen molar-refractivity contribution in [3.8, 4) is 5.75 Å². The van der Waals surface area contributed by atoms with Crippen LogP contribution >= 0.6 is 0 Å². The minimum Gasteiger partial charge on any atom is -0.496 e. The first-order valence-electron chi connectivity index (χ1n) is 4.60. The summed E-state index contributed by atoms with van der Waals surface area (Å²) in [7, 11) is -0.158. The molecular weight excluding hydrogens is 264 g/mol. The molecule has 0 aliphatic carbocycles. The van der Waals surface area contributed by atoms with E-state index in [9.17, 15) is 13.2 Å². The SMILES string of the molecule is COS(=O)(=O)OC.COc1ccccc1C(=O)O. The van der Waals surface area contributed by atoms with Crippen molar-refractivity contribution < 1.29 is 31.4 Å². The number of carbonyl (C=O) groups is 1. The van der Waals surface area contributed by atoms with Crippen LogP contribution in [-0.2, 0) is 18.8 Å². The van der Waals surface area contributed by atoms with Crippen molar-refractivity contribution in [3.63, 3.8) is 0 Å². The van der Waals surface area contributed by atoms with E-state index in [1.54, 1.807) is 18.2 Å². The highest BCUT2D eigenvalue weighted by Gasteiger charge is 2.07. The number of ether oxygens (including phenoxy) is 1. The molecule has 0 spiro atoms. The summed E-state index contributed by atoms with van der Waals surface area (Å²) in [5.74, 6) is -0.581. The molecule has 0 saturated heterocycles. The maximum atomic E-state index is 10.5. The molecular formula is C10H14O7S. The average Bonchev–Trinajstić information content (AvgIpc) is 2.39. The van der Waals surface area contributed by atoms with E-state index in [-0.39, 0.29) is 5.56 Å². The predicted molar refractivity (Wildman–Crippen MR) is 62.9 cm³/mol. The lowest BCUT2D eigenvalue weighted by molar-refractivity contribution is 0.0693. The normalized spacial score (nSPS) is 10.2. The van der Waals surface area contributed by atoms with Crippen LogP contribution < -0.4 is 4.74 Å². The number of carboxylic acid groups (broad SMARTS) is 1. The average molecular weight is 278 g/mol. The van der Waals surface area contributed by atoms with E-state index in [1.165, 1.54) is 13.2 Å². The molecule has 1 aromatic rings. The van der Waals surface area contributed by atoms with Crippen molar-refractivity contribution in [1.82, 2.24) is 0 Å². The van der Waals surface area contributed by atoms with Crippen LogP contribution in [0.3, 0.4) is 0 Å². The van der Waals surface area contributed by atoms with Gasteiger partial charge < -0.3 is 9.84 Å².